The second-order valence-corrected chi connectivity index (χ2v) is 6.56. The van der Waals surface area contributed by atoms with Crippen LogP contribution >= 0.6 is 0 Å². The molecule has 1 saturated heterocycles. The van der Waals surface area contributed by atoms with Crippen LogP contribution in [0.2, 0.25) is 0 Å². The number of pyridine rings is 1. The SMILES string of the molecule is O=C(Cn1c2ccccc2c(=O)c2ccccc21)N1CCC(O)CC1. The first-order chi connectivity index (χ1) is 12.1. The Bertz CT molecular complexity index is 941. The molecule has 25 heavy (non-hydrogen) atoms. The zero-order valence-corrected chi connectivity index (χ0v) is 13.9. The Labute approximate surface area is 145 Å². The topological polar surface area (TPSA) is 62.5 Å². The number of carbonyl (C=O) groups excluding carboxylic acids is 1. The Balaban J connectivity index is 1.81. The van der Waals surface area contributed by atoms with Crippen molar-refractivity contribution in [2.75, 3.05) is 13.1 Å². The Morgan fingerprint density at radius 3 is 2.04 bits per heavy atom. The van der Waals surface area contributed by atoms with Gasteiger partial charge in [0, 0.05) is 23.9 Å². The van der Waals surface area contributed by atoms with Crippen LogP contribution in [0.4, 0.5) is 0 Å². The second kappa shape index (κ2) is 6.33. The van der Waals surface area contributed by atoms with E-state index in [4.69, 9.17) is 0 Å². The van der Waals surface area contributed by atoms with Crippen LogP contribution in [0.5, 0.6) is 0 Å². The lowest BCUT2D eigenvalue weighted by atomic mass is 10.1. The Morgan fingerprint density at radius 1 is 0.960 bits per heavy atom. The molecule has 0 atom stereocenters. The molecule has 0 saturated carbocycles. The van der Waals surface area contributed by atoms with Crippen LogP contribution in [-0.2, 0) is 11.3 Å². The van der Waals surface area contributed by atoms with Crippen LogP contribution in [0.15, 0.2) is 53.3 Å². The van der Waals surface area contributed by atoms with E-state index in [1.165, 1.54) is 0 Å². The summed E-state index contributed by atoms with van der Waals surface area (Å²) in [5, 5.41) is 10.9. The van der Waals surface area contributed by atoms with Crippen LogP contribution in [0.3, 0.4) is 0 Å². The van der Waals surface area contributed by atoms with Gasteiger partial charge in [-0.05, 0) is 37.1 Å². The van der Waals surface area contributed by atoms with E-state index in [2.05, 4.69) is 0 Å². The minimum atomic E-state index is -0.307. The van der Waals surface area contributed by atoms with Crippen molar-refractivity contribution in [2.24, 2.45) is 0 Å². The standard InChI is InChI=1S/C20H20N2O3/c23-14-9-11-21(12-10-14)19(24)13-22-17-7-3-1-5-15(17)20(25)16-6-2-4-8-18(16)22/h1-8,14,23H,9-13H2. The predicted molar refractivity (Wildman–Crippen MR) is 97.5 cm³/mol. The van der Waals surface area contributed by atoms with Gasteiger partial charge >= 0.3 is 0 Å². The van der Waals surface area contributed by atoms with Gasteiger partial charge in [-0.2, -0.15) is 0 Å². The van der Waals surface area contributed by atoms with Gasteiger partial charge in [0.05, 0.1) is 17.1 Å². The molecule has 2 aromatic carbocycles. The zero-order chi connectivity index (χ0) is 17.4. The van der Waals surface area contributed by atoms with Crippen LogP contribution in [-0.4, -0.2) is 39.7 Å². The monoisotopic (exact) mass is 336 g/mol. The molecule has 1 aliphatic heterocycles. The molecule has 128 valence electrons. The van der Waals surface area contributed by atoms with E-state index in [9.17, 15) is 14.7 Å². The third kappa shape index (κ3) is 2.81. The van der Waals surface area contributed by atoms with Crippen molar-refractivity contribution in [2.45, 2.75) is 25.5 Å². The summed E-state index contributed by atoms with van der Waals surface area (Å²) in [7, 11) is 0. The third-order valence-corrected chi connectivity index (χ3v) is 4.99. The number of aromatic nitrogens is 1. The number of benzene rings is 2. The highest BCUT2D eigenvalue weighted by Gasteiger charge is 2.22. The highest BCUT2D eigenvalue weighted by atomic mass is 16.3. The Kier molecular flexibility index (Phi) is 4.01. The number of hydrogen-bond donors (Lipinski definition) is 1. The number of hydrogen-bond acceptors (Lipinski definition) is 3. The fourth-order valence-corrected chi connectivity index (χ4v) is 3.60. The normalized spacial score (nSPS) is 15.8. The van der Waals surface area contributed by atoms with Crippen molar-refractivity contribution in [1.82, 2.24) is 9.47 Å². The van der Waals surface area contributed by atoms with E-state index in [0.29, 0.717) is 36.7 Å². The molecular weight excluding hydrogens is 316 g/mol. The Morgan fingerprint density at radius 2 is 1.48 bits per heavy atom. The van der Waals surface area contributed by atoms with Crippen molar-refractivity contribution in [3.63, 3.8) is 0 Å². The summed E-state index contributed by atoms with van der Waals surface area (Å²) in [6.45, 7) is 1.35. The van der Waals surface area contributed by atoms with Gasteiger partial charge in [-0.3, -0.25) is 9.59 Å². The van der Waals surface area contributed by atoms with Crippen LogP contribution in [0, 0.1) is 0 Å². The molecule has 1 aromatic heterocycles. The van der Waals surface area contributed by atoms with Crippen LogP contribution in [0.1, 0.15) is 12.8 Å². The molecule has 5 heteroatoms. The average Bonchev–Trinajstić information content (AvgIpc) is 2.65. The largest absolute Gasteiger partial charge is 0.393 e. The lowest BCUT2D eigenvalue weighted by Crippen LogP contribution is -2.41. The number of likely N-dealkylation sites (tertiary alicyclic amines) is 1. The molecular formula is C20H20N2O3. The number of aliphatic hydroxyl groups is 1. The van der Waals surface area contributed by atoms with Crippen molar-refractivity contribution >= 4 is 27.7 Å². The highest BCUT2D eigenvalue weighted by Crippen LogP contribution is 2.20. The van der Waals surface area contributed by atoms with Gasteiger partial charge in [0.15, 0.2) is 5.43 Å². The first kappa shape index (κ1) is 15.8. The van der Waals surface area contributed by atoms with Gasteiger partial charge in [-0.15, -0.1) is 0 Å². The highest BCUT2D eigenvalue weighted by molar-refractivity contribution is 5.94. The summed E-state index contributed by atoms with van der Waals surface area (Å²) in [6, 6.07) is 14.8. The fraction of sp³-hybridized carbons (Fsp3) is 0.300. The van der Waals surface area contributed by atoms with Crippen molar-refractivity contribution < 1.29 is 9.90 Å². The van der Waals surface area contributed by atoms with Gasteiger partial charge in [0.25, 0.3) is 0 Å². The second-order valence-electron chi connectivity index (χ2n) is 6.56. The van der Waals surface area contributed by atoms with Crippen molar-refractivity contribution in [3.8, 4) is 0 Å². The molecule has 1 aliphatic rings. The number of carbonyl (C=O) groups is 1. The molecule has 3 aromatic rings. The molecule has 0 bridgehead atoms. The van der Waals surface area contributed by atoms with Gasteiger partial charge < -0.3 is 14.6 Å². The number of para-hydroxylation sites is 2. The number of fused-ring (bicyclic) bond motifs is 2. The molecule has 0 aliphatic carbocycles. The average molecular weight is 336 g/mol. The van der Waals surface area contributed by atoms with Gasteiger partial charge in [-0.25, -0.2) is 0 Å². The minimum Gasteiger partial charge on any atom is -0.393 e. The maximum atomic E-state index is 12.8. The van der Waals surface area contributed by atoms with Gasteiger partial charge in [0.2, 0.25) is 5.91 Å². The molecule has 0 radical (unpaired) electrons. The summed E-state index contributed by atoms with van der Waals surface area (Å²) in [5.41, 5.74) is 1.55. The first-order valence-electron chi connectivity index (χ1n) is 8.61. The number of piperidine rings is 1. The lowest BCUT2D eigenvalue weighted by Gasteiger charge is -2.30. The smallest absolute Gasteiger partial charge is 0.242 e. The maximum Gasteiger partial charge on any atom is 0.242 e. The summed E-state index contributed by atoms with van der Waals surface area (Å²) >= 11 is 0. The minimum absolute atomic E-state index is 0.00371. The van der Waals surface area contributed by atoms with Crippen LogP contribution < -0.4 is 5.43 Å². The van der Waals surface area contributed by atoms with Gasteiger partial charge in [-0.1, -0.05) is 24.3 Å². The first-order valence-corrected chi connectivity index (χ1v) is 8.61. The number of nitrogens with zero attached hydrogens (tertiary/aromatic N) is 2. The summed E-state index contributed by atoms with van der Waals surface area (Å²) < 4.78 is 1.93. The Hall–Kier alpha value is -2.66. The van der Waals surface area contributed by atoms with Crippen molar-refractivity contribution in [1.29, 1.82) is 0 Å². The fourth-order valence-electron chi connectivity index (χ4n) is 3.60. The molecule has 1 fully saturated rings. The molecule has 4 rings (SSSR count). The maximum absolute atomic E-state index is 12.8. The van der Waals surface area contributed by atoms with Crippen LogP contribution in [0.25, 0.3) is 21.8 Å². The van der Waals surface area contributed by atoms with E-state index in [-0.39, 0.29) is 24.0 Å². The molecule has 1 amide bonds. The van der Waals surface area contributed by atoms with E-state index in [0.717, 1.165) is 11.0 Å². The van der Waals surface area contributed by atoms with E-state index in [1.807, 2.05) is 53.1 Å². The lowest BCUT2D eigenvalue weighted by molar-refractivity contribution is -0.133. The summed E-state index contributed by atoms with van der Waals surface area (Å²) in [4.78, 5) is 27.3. The number of rotatable bonds is 2. The number of aliphatic hydroxyl groups excluding tert-OH is 1. The van der Waals surface area contributed by atoms with E-state index >= 15 is 0 Å². The van der Waals surface area contributed by atoms with E-state index < -0.39 is 0 Å². The summed E-state index contributed by atoms with van der Waals surface area (Å²) in [5.74, 6) is 0.0193. The van der Waals surface area contributed by atoms with Gasteiger partial charge in [0.1, 0.15) is 6.54 Å². The number of amides is 1. The molecule has 1 N–H and O–H groups in total. The predicted octanol–water partition coefficient (Wildman–Crippen LogP) is 2.14. The third-order valence-electron chi connectivity index (χ3n) is 4.99. The molecule has 2 heterocycles. The zero-order valence-electron chi connectivity index (χ0n) is 13.9. The van der Waals surface area contributed by atoms with Crippen molar-refractivity contribution in [3.05, 3.63) is 58.8 Å². The molecule has 0 spiro atoms. The molecule has 0 unspecified atom stereocenters. The quantitative estimate of drug-likeness (QED) is 0.729. The van der Waals surface area contributed by atoms with E-state index in [1.54, 1.807) is 4.90 Å². The summed E-state index contributed by atoms with van der Waals surface area (Å²) in [6.07, 6.45) is 0.938. The molecule has 5 nitrogen and oxygen atoms in total.